The predicted molar refractivity (Wildman–Crippen MR) is 86.7 cm³/mol. The lowest BCUT2D eigenvalue weighted by atomic mass is 10.2. The van der Waals surface area contributed by atoms with Crippen molar-refractivity contribution >= 4 is 40.5 Å². The third-order valence-corrected chi connectivity index (χ3v) is 3.69. The molecule has 1 saturated heterocycles. The van der Waals surface area contributed by atoms with Gasteiger partial charge in [-0.25, -0.2) is 0 Å². The lowest BCUT2D eigenvalue weighted by molar-refractivity contribution is -0.126. The number of para-hydroxylation sites is 3. The maximum Gasteiger partial charge on any atom is 0.242 e. The van der Waals surface area contributed by atoms with E-state index < -0.39 is 5.91 Å². The molecule has 0 bridgehead atoms. The van der Waals surface area contributed by atoms with E-state index >= 15 is 0 Å². The van der Waals surface area contributed by atoms with Crippen LogP contribution in [0, 0.1) is 0 Å². The third kappa shape index (κ3) is 2.33. The minimum atomic E-state index is -0.455. The van der Waals surface area contributed by atoms with E-state index in [0.717, 1.165) is 0 Å². The summed E-state index contributed by atoms with van der Waals surface area (Å²) >= 11 is 5.33. The Hall–Kier alpha value is -2.73. The summed E-state index contributed by atoms with van der Waals surface area (Å²) in [6, 6.07) is 15.3. The van der Waals surface area contributed by atoms with Crippen LogP contribution in [0.2, 0.25) is 0 Å². The molecule has 0 saturated carbocycles. The predicted octanol–water partition coefficient (Wildman–Crippen LogP) is 2.45. The van der Waals surface area contributed by atoms with Gasteiger partial charge in [0.2, 0.25) is 11.8 Å². The highest BCUT2D eigenvalue weighted by atomic mass is 32.1. The van der Waals surface area contributed by atoms with Gasteiger partial charge in [0.15, 0.2) is 5.11 Å². The van der Waals surface area contributed by atoms with Crippen LogP contribution >= 0.6 is 12.2 Å². The largest absolute Gasteiger partial charge is 0.506 e. The number of aromatic hydroxyl groups is 1. The molecule has 0 atom stereocenters. The number of rotatable bonds is 2. The molecule has 2 amide bonds. The zero-order chi connectivity index (χ0) is 15.7. The fraction of sp³-hybridized carbons (Fsp3) is 0.0625. The van der Waals surface area contributed by atoms with Gasteiger partial charge in [-0.2, -0.15) is 0 Å². The third-order valence-electron chi connectivity index (χ3n) is 3.32. The zero-order valence-electron chi connectivity index (χ0n) is 11.5. The molecule has 3 rings (SSSR count). The number of phenolic OH excluding ortho intramolecular Hbond substituents is 1. The van der Waals surface area contributed by atoms with Gasteiger partial charge >= 0.3 is 0 Å². The second-order valence-corrected chi connectivity index (χ2v) is 5.11. The number of benzene rings is 2. The summed E-state index contributed by atoms with van der Waals surface area (Å²) in [5.41, 5.74) is 0.858. The maximum atomic E-state index is 12.2. The minimum Gasteiger partial charge on any atom is -0.506 e. The molecular weight excluding hydrogens is 300 g/mol. The van der Waals surface area contributed by atoms with Crippen LogP contribution < -0.4 is 9.80 Å². The molecular formula is C16H12N2O3S. The molecule has 0 aliphatic carbocycles. The second kappa shape index (κ2) is 5.57. The smallest absolute Gasteiger partial charge is 0.242 e. The number of carbonyl (C=O) groups excluding carboxylic acids is 2. The number of thiocarbonyl (C=S) groups is 1. The van der Waals surface area contributed by atoms with Crippen molar-refractivity contribution in [3.8, 4) is 5.75 Å². The molecule has 1 fully saturated rings. The van der Waals surface area contributed by atoms with Crippen LogP contribution in [0.1, 0.15) is 6.42 Å². The van der Waals surface area contributed by atoms with Gasteiger partial charge < -0.3 is 5.11 Å². The Labute approximate surface area is 132 Å². The van der Waals surface area contributed by atoms with Gasteiger partial charge in [-0.3, -0.25) is 19.4 Å². The van der Waals surface area contributed by atoms with Gasteiger partial charge in [0, 0.05) is 0 Å². The van der Waals surface area contributed by atoms with Crippen LogP contribution in [0.15, 0.2) is 54.6 Å². The van der Waals surface area contributed by atoms with Crippen molar-refractivity contribution in [2.24, 2.45) is 0 Å². The fourth-order valence-electron chi connectivity index (χ4n) is 2.32. The van der Waals surface area contributed by atoms with Crippen molar-refractivity contribution in [3.63, 3.8) is 0 Å². The Morgan fingerprint density at radius 2 is 1.45 bits per heavy atom. The van der Waals surface area contributed by atoms with E-state index in [0.29, 0.717) is 5.69 Å². The number of anilines is 2. The summed E-state index contributed by atoms with van der Waals surface area (Å²) in [4.78, 5) is 26.9. The van der Waals surface area contributed by atoms with Crippen LogP contribution in [0.5, 0.6) is 5.75 Å². The minimum absolute atomic E-state index is 0.0361. The highest BCUT2D eigenvalue weighted by Crippen LogP contribution is 2.31. The van der Waals surface area contributed by atoms with Gasteiger partial charge in [-0.1, -0.05) is 30.3 Å². The standard InChI is InChI=1S/C16H12N2O3S/c19-13-9-5-4-8-12(13)18-15(21)10-14(20)17(16(18)22)11-6-2-1-3-7-11/h1-9,19H,10H2. The van der Waals surface area contributed by atoms with Crippen LogP contribution in [-0.2, 0) is 9.59 Å². The Morgan fingerprint density at radius 1 is 0.864 bits per heavy atom. The number of hydrogen-bond acceptors (Lipinski definition) is 4. The number of hydrogen-bond donors (Lipinski definition) is 1. The average Bonchev–Trinajstić information content (AvgIpc) is 2.50. The topological polar surface area (TPSA) is 60.9 Å². The summed E-state index contributed by atoms with van der Waals surface area (Å²) < 4.78 is 0. The molecule has 110 valence electrons. The van der Waals surface area contributed by atoms with Crippen molar-refractivity contribution in [3.05, 3.63) is 54.6 Å². The van der Waals surface area contributed by atoms with Crippen molar-refractivity contribution in [1.29, 1.82) is 0 Å². The number of amides is 2. The molecule has 6 heteroatoms. The Balaban J connectivity index is 2.05. The molecule has 5 nitrogen and oxygen atoms in total. The van der Waals surface area contributed by atoms with E-state index in [1.54, 1.807) is 42.5 Å². The Bertz CT molecular complexity index is 761. The second-order valence-electron chi connectivity index (χ2n) is 4.74. The number of nitrogens with zero attached hydrogens (tertiary/aromatic N) is 2. The number of carbonyl (C=O) groups is 2. The van der Waals surface area contributed by atoms with E-state index in [9.17, 15) is 14.7 Å². The molecule has 0 unspecified atom stereocenters. The molecule has 22 heavy (non-hydrogen) atoms. The van der Waals surface area contributed by atoms with Crippen LogP contribution in [0.3, 0.4) is 0 Å². The molecule has 1 aliphatic heterocycles. The van der Waals surface area contributed by atoms with Gasteiger partial charge in [0.1, 0.15) is 12.2 Å². The first-order valence-corrected chi connectivity index (χ1v) is 7.03. The van der Waals surface area contributed by atoms with Crippen LogP contribution in [0.4, 0.5) is 11.4 Å². The molecule has 0 spiro atoms. The molecule has 2 aromatic rings. The van der Waals surface area contributed by atoms with E-state index in [1.165, 1.54) is 15.9 Å². The SMILES string of the molecule is O=C1CC(=O)N(c2ccccc2O)C(=S)N1c1ccccc1. The fourth-order valence-corrected chi connectivity index (χ4v) is 2.73. The van der Waals surface area contributed by atoms with Gasteiger partial charge in [-0.05, 0) is 36.5 Å². The van der Waals surface area contributed by atoms with Crippen molar-refractivity contribution in [1.82, 2.24) is 0 Å². The van der Waals surface area contributed by atoms with Gasteiger partial charge in [0.05, 0.1) is 11.4 Å². The first kappa shape index (κ1) is 14.2. The first-order valence-electron chi connectivity index (χ1n) is 6.62. The van der Waals surface area contributed by atoms with Crippen LogP contribution in [0.25, 0.3) is 0 Å². The van der Waals surface area contributed by atoms with Crippen LogP contribution in [-0.4, -0.2) is 22.0 Å². The molecule has 0 aromatic heterocycles. The molecule has 1 heterocycles. The Morgan fingerprint density at radius 3 is 2.14 bits per heavy atom. The van der Waals surface area contributed by atoms with E-state index in [4.69, 9.17) is 12.2 Å². The normalized spacial score (nSPS) is 15.4. The summed E-state index contributed by atoms with van der Waals surface area (Å²) in [6.45, 7) is 0. The monoisotopic (exact) mass is 312 g/mol. The maximum absolute atomic E-state index is 12.2. The molecule has 1 aliphatic rings. The lowest BCUT2D eigenvalue weighted by Gasteiger charge is -2.35. The molecule has 1 N–H and O–H groups in total. The van der Waals surface area contributed by atoms with E-state index in [-0.39, 0.29) is 28.9 Å². The summed E-state index contributed by atoms with van der Waals surface area (Å²) in [6.07, 6.45) is -0.302. The summed E-state index contributed by atoms with van der Waals surface area (Å²) in [7, 11) is 0. The van der Waals surface area contributed by atoms with E-state index in [2.05, 4.69) is 0 Å². The summed E-state index contributed by atoms with van der Waals surface area (Å²) in [5, 5.41) is 10.0. The highest BCUT2D eigenvalue weighted by molar-refractivity contribution is 7.81. The number of phenols is 1. The molecule has 2 aromatic carbocycles. The quantitative estimate of drug-likeness (QED) is 0.683. The average molecular weight is 312 g/mol. The molecule has 0 radical (unpaired) electrons. The summed E-state index contributed by atoms with van der Waals surface area (Å²) in [5.74, 6) is -0.905. The first-order chi connectivity index (χ1) is 10.6. The van der Waals surface area contributed by atoms with Crippen molar-refractivity contribution in [2.75, 3.05) is 9.80 Å². The lowest BCUT2D eigenvalue weighted by Crippen LogP contribution is -2.55. The zero-order valence-corrected chi connectivity index (χ0v) is 12.3. The van der Waals surface area contributed by atoms with Crippen molar-refractivity contribution < 1.29 is 14.7 Å². The highest BCUT2D eigenvalue weighted by Gasteiger charge is 2.37. The van der Waals surface area contributed by atoms with Gasteiger partial charge in [-0.15, -0.1) is 0 Å². The van der Waals surface area contributed by atoms with E-state index in [1.807, 2.05) is 6.07 Å². The Kier molecular flexibility index (Phi) is 3.60. The van der Waals surface area contributed by atoms with Gasteiger partial charge in [0.25, 0.3) is 0 Å². The van der Waals surface area contributed by atoms with Crippen molar-refractivity contribution in [2.45, 2.75) is 6.42 Å².